The monoisotopic (exact) mass is 400 g/mol. The van der Waals surface area contributed by atoms with Gasteiger partial charge in [0, 0.05) is 26.2 Å². The zero-order chi connectivity index (χ0) is 20.1. The largest absolute Gasteiger partial charge is 0.484 e. The molecule has 1 fully saturated rings. The van der Waals surface area contributed by atoms with E-state index < -0.39 is 0 Å². The van der Waals surface area contributed by atoms with Crippen molar-refractivity contribution in [3.8, 4) is 5.75 Å². The molecule has 0 bridgehead atoms. The van der Waals surface area contributed by atoms with E-state index in [-0.39, 0.29) is 18.4 Å². The van der Waals surface area contributed by atoms with Gasteiger partial charge in [0.05, 0.1) is 10.6 Å². The normalized spacial score (nSPS) is 14.5. The fourth-order valence-electron chi connectivity index (χ4n) is 3.37. The molecule has 28 heavy (non-hydrogen) atoms. The van der Waals surface area contributed by atoms with Crippen LogP contribution in [0, 0.1) is 13.8 Å². The fourth-order valence-corrected chi connectivity index (χ4v) is 3.58. The van der Waals surface area contributed by atoms with Crippen LogP contribution in [0.3, 0.4) is 0 Å². The first kappa shape index (κ1) is 20.2. The van der Waals surface area contributed by atoms with Crippen LogP contribution in [-0.4, -0.2) is 54.4 Å². The molecule has 0 aliphatic carbocycles. The average Bonchev–Trinajstić information content (AvgIpc) is 2.93. The first-order valence-electron chi connectivity index (χ1n) is 9.47. The van der Waals surface area contributed by atoms with Crippen molar-refractivity contribution < 1.29 is 14.3 Å². The van der Waals surface area contributed by atoms with Crippen LogP contribution in [0.25, 0.3) is 0 Å². The molecule has 1 saturated heterocycles. The zero-order valence-corrected chi connectivity index (χ0v) is 17.0. The highest BCUT2D eigenvalue weighted by molar-refractivity contribution is 6.33. The minimum absolute atomic E-state index is 0.00234. The topological polar surface area (TPSA) is 49.9 Å². The van der Waals surface area contributed by atoms with E-state index in [4.69, 9.17) is 16.3 Å². The Morgan fingerprint density at radius 3 is 2.46 bits per heavy atom. The summed E-state index contributed by atoms with van der Waals surface area (Å²) >= 11 is 6.15. The standard InChI is InChI=1S/C22H25ClN2O3/c1-16-8-9-20(17(2)14-16)28-15-21(26)24-10-5-11-25(13-12-24)22(27)18-6-3-4-7-19(18)23/h3-4,6-9,14H,5,10-13,15H2,1-2H3. The lowest BCUT2D eigenvalue weighted by molar-refractivity contribution is -0.133. The molecule has 2 aromatic rings. The number of carbonyl (C=O) groups excluding carboxylic acids is 2. The summed E-state index contributed by atoms with van der Waals surface area (Å²) in [6, 6.07) is 12.9. The number of benzene rings is 2. The van der Waals surface area contributed by atoms with Gasteiger partial charge in [0.1, 0.15) is 5.75 Å². The molecule has 148 valence electrons. The molecule has 3 rings (SSSR count). The van der Waals surface area contributed by atoms with Gasteiger partial charge >= 0.3 is 0 Å². The summed E-state index contributed by atoms with van der Waals surface area (Å²) in [5.74, 6) is 0.572. The average molecular weight is 401 g/mol. The van der Waals surface area contributed by atoms with Gasteiger partial charge in [-0.15, -0.1) is 0 Å². The van der Waals surface area contributed by atoms with Crippen LogP contribution in [0.2, 0.25) is 5.02 Å². The Morgan fingerprint density at radius 1 is 1.00 bits per heavy atom. The molecule has 2 amide bonds. The van der Waals surface area contributed by atoms with Crippen molar-refractivity contribution in [2.24, 2.45) is 0 Å². The molecular weight excluding hydrogens is 376 g/mol. The predicted molar refractivity (Wildman–Crippen MR) is 110 cm³/mol. The smallest absolute Gasteiger partial charge is 0.260 e. The van der Waals surface area contributed by atoms with Crippen molar-refractivity contribution in [1.82, 2.24) is 9.80 Å². The summed E-state index contributed by atoms with van der Waals surface area (Å²) in [6.45, 7) is 6.19. The third-order valence-corrected chi connectivity index (χ3v) is 5.25. The van der Waals surface area contributed by atoms with E-state index in [0.29, 0.717) is 36.8 Å². The molecule has 1 heterocycles. The van der Waals surface area contributed by atoms with Gasteiger partial charge in [-0.1, -0.05) is 41.4 Å². The van der Waals surface area contributed by atoms with E-state index in [2.05, 4.69) is 0 Å². The first-order chi connectivity index (χ1) is 13.5. The molecule has 0 radical (unpaired) electrons. The number of hydrogen-bond acceptors (Lipinski definition) is 3. The molecule has 0 unspecified atom stereocenters. The zero-order valence-electron chi connectivity index (χ0n) is 16.3. The van der Waals surface area contributed by atoms with Gasteiger partial charge < -0.3 is 14.5 Å². The lowest BCUT2D eigenvalue weighted by Crippen LogP contribution is -2.39. The van der Waals surface area contributed by atoms with Gasteiger partial charge in [-0.3, -0.25) is 9.59 Å². The molecule has 5 nitrogen and oxygen atoms in total. The fraction of sp³-hybridized carbons (Fsp3) is 0.364. The summed E-state index contributed by atoms with van der Waals surface area (Å²) in [7, 11) is 0. The van der Waals surface area contributed by atoms with Crippen LogP contribution in [0.4, 0.5) is 0 Å². The molecule has 1 aliphatic rings. The van der Waals surface area contributed by atoms with Gasteiger partial charge in [-0.25, -0.2) is 0 Å². The Labute approximate surface area is 170 Å². The van der Waals surface area contributed by atoms with E-state index in [1.165, 1.54) is 0 Å². The first-order valence-corrected chi connectivity index (χ1v) is 9.85. The van der Waals surface area contributed by atoms with E-state index in [1.54, 1.807) is 34.1 Å². The molecule has 0 spiro atoms. The van der Waals surface area contributed by atoms with Crippen LogP contribution < -0.4 is 4.74 Å². The summed E-state index contributed by atoms with van der Waals surface area (Å²) in [5, 5.41) is 0.451. The second kappa shape index (κ2) is 9.11. The molecule has 0 saturated carbocycles. The van der Waals surface area contributed by atoms with Crippen LogP contribution in [0.5, 0.6) is 5.75 Å². The van der Waals surface area contributed by atoms with Crippen molar-refractivity contribution in [2.75, 3.05) is 32.8 Å². The van der Waals surface area contributed by atoms with E-state index >= 15 is 0 Å². The minimum atomic E-state index is -0.0913. The van der Waals surface area contributed by atoms with E-state index in [9.17, 15) is 9.59 Å². The molecule has 6 heteroatoms. The maximum atomic E-state index is 12.7. The Bertz CT molecular complexity index is 869. The Morgan fingerprint density at radius 2 is 1.71 bits per heavy atom. The Hall–Kier alpha value is -2.53. The van der Waals surface area contributed by atoms with Crippen LogP contribution in [-0.2, 0) is 4.79 Å². The van der Waals surface area contributed by atoms with Gasteiger partial charge in [0.15, 0.2) is 6.61 Å². The number of halogens is 1. The SMILES string of the molecule is Cc1ccc(OCC(=O)N2CCCN(C(=O)c3ccccc3Cl)CC2)c(C)c1. The molecule has 0 atom stereocenters. The van der Waals surface area contributed by atoms with Gasteiger partial charge in [0.2, 0.25) is 0 Å². The molecular formula is C22H25ClN2O3. The van der Waals surface area contributed by atoms with E-state index in [1.807, 2.05) is 32.0 Å². The highest BCUT2D eigenvalue weighted by Gasteiger charge is 2.24. The summed E-state index contributed by atoms with van der Waals surface area (Å²) in [6.07, 6.45) is 0.728. The van der Waals surface area contributed by atoms with Crippen LogP contribution in [0.15, 0.2) is 42.5 Å². The number of ether oxygens (including phenoxy) is 1. The van der Waals surface area contributed by atoms with Gasteiger partial charge in [-0.2, -0.15) is 0 Å². The van der Waals surface area contributed by atoms with Crippen molar-refractivity contribution in [3.63, 3.8) is 0 Å². The summed E-state index contributed by atoms with van der Waals surface area (Å²) in [4.78, 5) is 28.8. The second-order valence-electron chi connectivity index (χ2n) is 7.06. The number of carbonyl (C=O) groups is 2. The maximum Gasteiger partial charge on any atom is 0.260 e. The predicted octanol–water partition coefficient (Wildman–Crippen LogP) is 3.71. The molecule has 2 aromatic carbocycles. The molecule has 1 aliphatic heterocycles. The minimum Gasteiger partial charge on any atom is -0.484 e. The third-order valence-electron chi connectivity index (χ3n) is 4.92. The Balaban J connectivity index is 1.56. The van der Waals surface area contributed by atoms with Crippen molar-refractivity contribution in [2.45, 2.75) is 20.3 Å². The van der Waals surface area contributed by atoms with Crippen molar-refractivity contribution in [1.29, 1.82) is 0 Å². The number of amides is 2. The maximum absolute atomic E-state index is 12.7. The second-order valence-corrected chi connectivity index (χ2v) is 7.47. The lowest BCUT2D eigenvalue weighted by Gasteiger charge is -2.23. The van der Waals surface area contributed by atoms with Gasteiger partial charge in [-0.05, 0) is 44.0 Å². The molecule has 0 aromatic heterocycles. The highest BCUT2D eigenvalue weighted by Crippen LogP contribution is 2.20. The van der Waals surface area contributed by atoms with Crippen LogP contribution in [0.1, 0.15) is 27.9 Å². The number of hydrogen-bond donors (Lipinski definition) is 0. The number of rotatable bonds is 4. The number of nitrogens with zero attached hydrogens (tertiary/aromatic N) is 2. The molecule has 0 N–H and O–H groups in total. The lowest BCUT2D eigenvalue weighted by atomic mass is 10.1. The number of aryl methyl sites for hydroxylation is 2. The highest BCUT2D eigenvalue weighted by atomic mass is 35.5. The van der Waals surface area contributed by atoms with E-state index in [0.717, 1.165) is 23.3 Å². The quantitative estimate of drug-likeness (QED) is 0.786. The van der Waals surface area contributed by atoms with Crippen molar-refractivity contribution in [3.05, 3.63) is 64.2 Å². The van der Waals surface area contributed by atoms with Gasteiger partial charge in [0.25, 0.3) is 11.8 Å². The van der Waals surface area contributed by atoms with Crippen molar-refractivity contribution >= 4 is 23.4 Å². The Kier molecular flexibility index (Phi) is 6.57. The third kappa shape index (κ3) is 4.84. The van der Waals surface area contributed by atoms with Crippen LogP contribution >= 0.6 is 11.6 Å². The summed E-state index contributed by atoms with van der Waals surface area (Å²) in [5.41, 5.74) is 2.68. The summed E-state index contributed by atoms with van der Waals surface area (Å²) < 4.78 is 5.72.